The van der Waals surface area contributed by atoms with Crippen molar-refractivity contribution in [3.63, 3.8) is 0 Å². The van der Waals surface area contributed by atoms with Gasteiger partial charge in [-0.1, -0.05) is 26.0 Å². The van der Waals surface area contributed by atoms with Crippen LogP contribution in [0.5, 0.6) is 11.6 Å². The lowest BCUT2D eigenvalue weighted by Gasteiger charge is -2.13. The number of hydrogen-bond donors (Lipinski definition) is 1. The number of carbonyl (C=O) groups is 1. The molecular formula is C19H19F3N2O2. The Morgan fingerprint density at radius 2 is 2.04 bits per heavy atom. The van der Waals surface area contributed by atoms with Crippen LogP contribution in [0.2, 0.25) is 0 Å². The Bertz CT molecular complexity index is 818. The highest BCUT2D eigenvalue weighted by Crippen LogP contribution is 2.51. The van der Waals surface area contributed by atoms with Crippen LogP contribution in [0.1, 0.15) is 31.4 Å². The van der Waals surface area contributed by atoms with E-state index in [1.54, 1.807) is 12.1 Å². The van der Waals surface area contributed by atoms with E-state index in [0.717, 1.165) is 18.6 Å². The van der Waals surface area contributed by atoms with E-state index in [1.165, 1.54) is 18.3 Å². The number of benzene rings is 1. The quantitative estimate of drug-likeness (QED) is 0.846. The van der Waals surface area contributed by atoms with Crippen molar-refractivity contribution in [2.24, 2.45) is 11.3 Å². The highest BCUT2D eigenvalue weighted by molar-refractivity contribution is 5.82. The lowest BCUT2D eigenvalue weighted by molar-refractivity contribution is -0.137. The number of aromatic nitrogens is 1. The molecule has 138 valence electrons. The zero-order chi connectivity index (χ0) is 18.9. The summed E-state index contributed by atoms with van der Waals surface area (Å²) in [5.74, 6) is 0.160. The Morgan fingerprint density at radius 1 is 1.31 bits per heavy atom. The number of amides is 1. The maximum atomic E-state index is 12.8. The highest BCUT2D eigenvalue weighted by atomic mass is 19.4. The van der Waals surface area contributed by atoms with Gasteiger partial charge in [-0.05, 0) is 36.1 Å². The fourth-order valence-corrected chi connectivity index (χ4v) is 2.72. The van der Waals surface area contributed by atoms with Crippen molar-refractivity contribution in [3.05, 3.63) is 53.7 Å². The molecule has 2 aromatic rings. The molecule has 26 heavy (non-hydrogen) atoms. The first kappa shape index (κ1) is 18.2. The first-order chi connectivity index (χ1) is 12.2. The third-order valence-corrected chi connectivity index (χ3v) is 4.51. The first-order valence-electron chi connectivity index (χ1n) is 8.23. The van der Waals surface area contributed by atoms with E-state index in [-0.39, 0.29) is 35.4 Å². The molecule has 0 radical (unpaired) electrons. The molecular weight excluding hydrogens is 345 g/mol. The molecule has 1 saturated carbocycles. The number of nitrogens with zero attached hydrogens (tertiary/aromatic N) is 1. The van der Waals surface area contributed by atoms with Crippen LogP contribution in [0.4, 0.5) is 13.2 Å². The molecule has 0 aliphatic heterocycles. The fraction of sp³-hybridized carbons (Fsp3) is 0.368. The maximum absolute atomic E-state index is 12.8. The summed E-state index contributed by atoms with van der Waals surface area (Å²) in [7, 11) is 0. The van der Waals surface area contributed by atoms with Gasteiger partial charge in [-0.3, -0.25) is 4.79 Å². The molecule has 1 aromatic heterocycles. The molecule has 1 aliphatic rings. The monoisotopic (exact) mass is 364 g/mol. The lowest BCUT2D eigenvalue weighted by Crippen LogP contribution is -2.26. The number of alkyl halides is 3. The third kappa shape index (κ3) is 4.15. The molecule has 1 amide bonds. The van der Waals surface area contributed by atoms with E-state index in [4.69, 9.17) is 4.74 Å². The highest BCUT2D eigenvalue weighted by Gasteiger charge is 2.50. The number of ether oxygens (including phenoxy) is 1. The second kappa shape index (κ2) is 6.63. The van der Waals surface area contributed by atoms with Gasteiger partial charge in [0.15, 0.2) is 0 Å². The van der Waals surface area contributed by atoms with Crippen molar-refractivity contribution < 1.29 is 22.7 Å². The van der Waals surface area contributed by atoms with Crippen LogP contribution in [0.15, 0.2) is 42.6 Å². The van der Waals surface area contributed by atoms with Gasteiger partial charge < -0.3 is 10.1 Å². The molecule has 0 saturated heterocycles. The average Bonchev–Trinajstić information content (AvgIpc) is 3.22. The Balaban J connectivity index is 1.71. The summed E-state index contributed by atoms with van der Waals surface area (Å²) < 4.78 is 44.0. The van der Waals surface area contributed by atoms with E-state index in [9.17, 15) is 18.0 Å². The van der Waals surface area contributed by atoms with Crippen LogP contribution < -0.4 is 10.1 Å². The fourth-order valence-electron chi connectivity index (χ4n) is 2.72. The standard InChI is InChI=1S/C19H19F3N2O2/c1-18(2)10-15(18)16(25)24-11-12-5-4-8-23-17(12)26-14-7-3-6-13(9-14)19(20,21)22/h3-9,15H,10-11H2,1-2H3,(H,24,25). The second-order valence-electron chi connectivity index (χ2n) is 7.06. The zero-order valence-electron chi connectivity index (χ0n) is 14.4. The molecule has 3 rings (SSSR count). The molecule has 0 bridgehead atoms. The predicted molar refractivity (Wildman–Crippen MR) is 89.5 cm³/mol. The Kier molecular flexibility index (Phi) is 4.64. The van der Waals surface area contributed by atoms with Crippen LogP contribution >= 0.6 is 0 Å². The van der Waals surface area contributed by atoms with Crippen molar-refractivity contribution >= 4 is 5.91 Å². The van der Waals surface area contributed by atoms with Crippen molar-refractivity contribution in [3.8, 4) is 11.6 Å². The zero-order valence-corrected chi connectivity index (χ0v) is 14.4. The summed E-state index contributed by atoms with van der Waals surface area (Å²) in [5, 5.41) is 2.84. The average molecular weight is 364 g/mol. The summed E-state index contributed by atoms with van der Waals surface area (Å²) in [4.78, 5) is 16.2. The van der Waals surface area contributed by atoms with Gasteiger partial charge in [-0.25, -0.2) is 4.98 Å². The number of hydrogen-bond acceptors (Lipinski definition) is 3. The van der Waals surface area contributed by atoms with E-state index in [0.29, 0.717) is 5.56 Å². The molecule has 4 nitrogen and oxygen atoms in total. The van der Waals surface area contributed by atoms with Gasteiger partial charge in [-0.15, -0.1) is 0 Å². The second-order valence-corrected chi connectivity index (χ2v) is 7.06. The maximum Gasteiger partial charge on any atom is 0.416 e. The molecule has 1 heterocycles. The molecule has 1 N–H and O–H groups in total. The third-order valence-electron chi connectivity index (χ3n) is 4.51. The topological polar surface area (TPSA) is 51.2 Å². The summed E-state index contributed by atoms with van der Waals surface area (Å²) in [6.07, 6.45) is -2.12. The predicted octanol–water partition coefficient (Wildman–Crippen LogP) is 4.56. The van der Waals surface area contributed by atoms with Gasteiger partial charge in [0, 0.05) is 24.2 Å². The molecule has 1 unspecified atom stereocenters. The van der Waals surface area contributed by atoms with Crippen molar-refractivity contribution in [1.29, 1.82) is 0 Å². The van der Waals surface area contributed by atoms with Crippen molar-refractivity contribution in [1.82, 2.24) is 10.3 Å². The van der Waals surface area contributed by atoms with E-state index in [2.05, 4.69) is 10.3 Å². The lowest BCUT2D eigenvalue weighted by atomic mass is 10.1. The van der Waals surface area contributed by atoms with Crippen LogP contribution in [0.25, 0.3) is 0 Å². The van der Waals surface area contributed by atoms with Crippen LogP contribution in [0.3, 0.4) is 0 Å². The molecule has 1 fully saturated rings. The Labute approximate surface area is 149 Å². The normalized spacial score (nSPS) is 18.3. The van der Waals surface area contributed by atoms with Gasteiger partial charge in [0.2, 0.25) is 11.8 Å². The van der Waals surface area contributed by atoms with E-state index in [1.807, 2.05) is 13.8 Å². The summed E-state index contributed by atoms with van der Waals surface area (Å²) in [6.45, 7) is 4.26. The van der Waals surface area contributed by atoms with Gasteiger partial charge in [0.1, 0.15) is 5.75 Å². The summed E-state index contributed by atoms with van der Waals surface area (Å²) in [5.41, 5.74) is -0.176. The van der Waals surface area contributed by atoms with Crippen LogP contribution in [0, 0.1) is 11.3 Å². The SMILES string of the molecule is CC1(C)CC1C(=O)NCc1cccnc1Oc1cccc(C(F)(F)F)c1. The van der Waals surface area contributed by atoms with Gasteiger partial charge in [0.05, 0.1) is 5.56 Å². The number of carbonyl (C=O) groups excluding carboxylic acids is 1. The minimum absolute atomic E-state index is 0.00740. The van der Waals surface area contributed by atoms with Crippen LogP contribution in [-0.4, -0.2) is 10.9 Å². The molecule has 0 spiro atoms. The van der Waals surface area contributed by atoms with Gasteiger partial charge in [-0.2, -0.15) is 13.2 Å². The number of nitrogens with one attached hydrogen (secondary N) is 1. The smallest absolute Gasteiger partial charge is 0.416 e. The summed E-state index contributed by atoms with van der Waals surface area (Å²) in [6, 6.07) is 8.00. The molecule has 1 aromatic carbocycles. The van der Waals surface area contributed by atoms with E-state index < -0.39 is 11.7 Å². The van der Waals surface area contributed by atoms with Crippen molar-refractivity contribution in [2.75, 3.05) is 0 Å². The minimum atomic E-state index is -4.45. The number of halogens is 3. The number of rotatable bonds is 5. The van der Waals surface area contributed by atoms with Crippen molar-refractivity contribution in [2.45, 2.75) is 33.0 Å². The largest absolute Gasteiger partial charge is 0.439 e. The summed E-state index contributed by atoms with van der Waals surface area (Å²) >= 11 is 0. The Hall–Kier alpha value is -2.57. The molecule has 7 heteroatoms. The van der Waals surface area contributed by atoms with Gasteiger partial charge >= 0.3 is 6.18 Å². The molecule has 1 atom stereocenters. The Morgan fingerprint density at radius 3 is 2.69 bits per heavy atom. The van der Waals surface area contributed by atoms with E-state index >= 15 is 0 Å². The number of pyridine rings is 1. The minimum Gasteiger partial charge on any atom is -0.439 e. The van der Waals surface area contributed by atoms with Gasteiger partial charge in [0.25, 0.3) is 0 Å². The molecule has 1 aliphatic carbocycles. The van der Waals surface area contributed by atoms with Crippen LogP contribution in [-0.2, 0) is 17.5 Å². The first-order valence-corrected chi connectivity index (χ1v) is 8.23.